The topological polar surface area (TPSA) is 26.3 Å². The van der Waals surface area contributed by atoms with Crippen molar-refractivity contribution >= 4 is 5.97 Å². The fourth-order valence-electron chi connectivity index (χ4n) is 1.36. The summed E-state index contributed by atoms with van der Waals surface area (Å²) in [5, 5.41) is 0. The molecule has 0 aromatic rings. The summed E-state index contributed by atoms with van der Waals surface area (Å²) in [5.41, 5.74) is 0.163. The molecule has 1 unspecified atom stereocenters. The third kappa shape index (κ3) is 5.60. The van der Waals surface area contributed by atoms with Crippen LogP contribution in [0, 0.1) is 0 Å². The molecule has 0 saturated heterocycles. The van der Waals surface area contributed by atoms with Gasteiger partial charge in [-0.05, 0) is 33.1 Å². The molecule has 0 spiro atoms. The van der Waals surface area contributed by atoms with Crippen LogP contribution in [0.5, 0.6) is 0 Å². The minimum Gasteiger partial charge on any atom is -0.456 e. The van der Waals surface area contributed by atoms with Crippen molar-refractivity contribution in [2.24, 2.45) is 0 Å². The smallest absolute Gasteiger partial charge is 0.333 e. The first-order chi connectivity index (χ1) is 6.95. The Hall–Kier alpha value is -0.790. The zero-order valence-electron chi connectivity index (χ0n) is 10.6. The summed E-state index contributed by atoms with van der Waals surface area (Å²) in [6.45, 7) is 11.5. The molecule has 15 heavy (non-hydrogen) atoms. The van der Waals surface area contributed by atoms with Gasteiger partial charge in [-0.25, -0.2) is 4.79 Å². The van der Waals surface area contributed by atoms with E-state index in [0.717, 1.165) is 19.3 Å². The molecule has 0 aliphatic rings. The van der Waals surface area contributed by atoms with Gasteiger partial charge in [0.2, 0.25) is 0 Å². The second-order valence-corrected chi connectivity index (χ2v) is 4.43. The molecule has 0 bridgehead atoms. The highest BCUT2D eigenvalue weighted by Crippen LogP contribution is 2.24. The van der Waals surface area contributed by atoms with E-state index < -0.39 is 0 Å². The van der Waals surface area contributed by atoms with Gasteiger partial charge in [0.25, 0.3) is 0 Å². The van der Waals surface area contributed by atoms with Gasteiger partial charge in [-0.15, -0.1) is 0 Å². The van der Waals surface area contributed by atoms with Gasteiger partial charge in [-0.3, -0.25) is 0 Å². The van der Waals surface area contributed by atoms with Crippen molar-refractivity contribution in [3.63, 3.8) is 0 Å². The average molecular weight is 212 g/mol. The van der Waals surface area contributed by atoms with Crippen LogP contribution >= 0.6 is 0 Å². The van der Waals surface area contributed by atoms with Crippen molar-refractivity contribution in [3.05, 3.63) is 12.2 Å². The third-order valence-corrected chi connectivity index (χ3v) is 2.74. The highest BCUT2D eigenvalue weighted by molar-refractivity contribution is 5.87. The molecule has 88 valence electrons. The Labute approximate surface area is 93.7 Å². The lowest BCUT2D eigenvalue weighted by atomic mass is 9.95. The number of hydrogen-bond donors (Lipinski definition) is 0. The number of unbranched alkanes of at least 4 members (excludes halogenated alkanes) is 2. The van der Waals surface area contributed by atoms with Crippen LogP contribution in [0.15, 0.2) is 12.2 Å². The van der Waals surface area contributed by atoms with Crippen molar-refractivity contribution in [2.75, 3.05) is 0 Å². The standard InChI is InChI=1S/C13H24O2/c1-6-8-9-10-13(5,7-2)15-12(14)11(3)4/h3,6-10H2,1-2,4-5H3. The molecule has 0 aliphatic carbocycles. The lowest BCUT2D eigenvalue weighted by molar-refractivity contribution is -0.154. The molecule has 2 heteroatoms. The number of hydrogen-bond acceptors (Lipinski definition) is 2. The lowest BCUT2D eigenvalue weighted by Crippen LogP contribution is -2.31. The summed E-state index contributed by atoms with van der Waals surface area (Å²) in [5.74, 6) is -0.268. The van der Waals surface area contributed by atoms with Gasteiger partial charge in [0.15, 0.2) is 0 Å². The molecule has 2 nitrogen and oxygen atoms in total. The van der Waals surface area contributed by atoms with Crippen LogP contribution in [-0.2, 0) is 9.53 Å². The van der Waals surface area contributed by atoms with E-state index >= 15 is 0 Å². The Bertz CT molecular complexity index is 221. The number of esters is 1. The molecule has 0 aliphatic heterocycles. The Kier molecular flexibility index (Phi) is 6.30. The molecule has 0 N–H and O–H groups in total. The zero-order chi connectivity index (χ0) is 11.9. The number of ether oxygens (including phenoxy) is 1. The molecule has 0 heterocycles. The van der Waals surface area contributed by atoms with Gasteiger partial charge in [-0.1, -0.05) is 33.3 Å². The minimum absolute atomic E-state index is 0.268. The maximum atomic E-state index is 11.4. The molecule has 0 amide bonds. The summed E-state index contributed by atoms with van der Waals surface area (Å²) in [4.78, 5) is 11.4. The van der Waals surface area contributed by atoms with Crippen LogP contribution in [0.2, 0.25) is 0 Å². The van der Waals surface area contributed by atoms with E-state index in [1.807, 2.05) is 6.92 Å². The highest BCUT2D eigenvalue weighted by atomic mass is 16.6. The van der Waals surface area contributed by atoms with E-state index in [-0.39, 0.29) is 11.6 Å². The van der Waals surface area contributed by atoms with Gasteiger partial charge in [-0.2, -0.15) is 0 Å². The fourth-order valence-corrected chi connectivity index (χ4v) is 1.36. The normalized spacial score (nSPS) is 14.4. The fraction of sp³-hybridized carbons (Fsp3) is 0.769. The van der Waals surface area contributed by atoms with E-state index in [9.17, 15) is 4.79 Å². The third-order valence-electron chi connectivity index (χ3n) is 2.74. The van der Waals surface area contributed by atoms with Crippen LogP contribution in [0.4, 0.5) is 0 Å². The maximum Gasteiger partial charge on any atom is 0.333 e. The van der Waals surface area contributed by atoms with Gasteiger partial charge in [0.05, 0.1) is 0 Å². The summed E-state index contributed by atoms with van der Waals surface area (Å²) >= 11 is 0. The van der Waals surface area contributed by atoms with Crippen LogP contribution in [-0.4, -0.2) is 11.6 Å². The van der Waals surface area contributed by atoms with Gasteiger partial charge < -0.3 is 4.74 Å². The van der Waals surface area contributed by atoms with Crippen LogP contribution in [0.25, 0.3) is 0 Å². The maximum absolute atomic E-state index is 11.4. The molecule has 0 radical (unpaired) electrons. The van der Waals surface area contributed by atoms with Crippen molar-refractivity contribution in [1.82, 2.24) is 0 Å². The molecule has 1 atom stereocenters. The monoisotopic (exact) mass is 212 g/mol. The largest absolute Gasteiger partial charge is 0.456 e. The SMILES string of the molecule is C=C(C)C(=O)OC(C)(CC)CCCCC. The molecule has 0 saturated carbocycles. The van der Waals surface area contributed by atoms with Crippen LogP contribution < -0.4 is 0 Å². The summed E-state index contributed by atoms with van der Waals surface area (Å²) in [6, 6.07) is 0. The molecule has 0 aromatic heterocycles. The summed E-state index contributed by atoms with van der Waals surface area (Å²) in [6.07, 6.45) is 5.30. The second kappa shape index (κ2) is 6.65. The number of carbonyl (C=O) groups excluding carboxylic acids is 1. The quantitative estimate of drug-likeness (QED) is 0.364. The molecular formula is C13H24O2. The lowest BCUT2D eigenvalue weighted by Gasteiger charge is -2.28. The van der Waals surface area contributed by atoms with Crippen molar-refractivity contribution in [3.8, 4) is 0 Å². The van der Waals surface area contributed by atoms with Gasteiger partial charge in [0.1, 0.15) is 5.60 Å². The average Bonchev–Trinajstić information content (AvgIpc) is 2.18. The first-order valence-electron chi connectivity index (χ1n) is 5.84. The molecular weight excluding hydrogens is 188 g/mol. The number of carbonyl (C=O) groups is 1. The number of rotatable bonds is 7. The predicted molar refractivity (Wildman–Crippen MR) is 63.7 cm³/mol. The van der Waals surface area contributed by atoms with E-state index in [2.05, 4.69) is 20.4 Å². The van der Waals surface area contributed by atoms with Crippen molar-refractivity contribution < 1.29 is 9.53 Å². The molecule has 0 aromatic carbocycles. The zero-order valence-corrected chi connectivity index (χ0v) is 10.6. The molecule has 0 rings (SSSR count). The van der Waals surface area contributed by atoms with E-state index in [1.54, 1.807) is 6.92 Å². The first-order valence-corrected chi connectivity index (χ1v) is 5.84. The Morgan fingerprint density at radius 1 is 1.33 bits per heavy atom. The van der Waals surface area contributed by atoms with Crippen molar-refractivity contribution in [1.29, 1.82) is 0 Å². The van der Waals surface area contributed by atoms with Gasteiger partial charge in [0, 0.05) is 5.57 Å². The van der Waals surface area contributed by atoms with Gasteiger partial charge >= 0.3 is 5.97 Å². The van der Waals surface area contributed by atoms with Crippen molar-refractivity contribution in [2.45, 2.75) is 65.4 Å². The van der Waals surface area contributed by atoms with Crippen LogP contribution in [0.1, 0.15) is 59.8 Å². The van der Waals surface area contributed by atoms with E-state index in [0.29, 0.717) is 5.57 Å². The van der Waals surface area contributed by atoms with Crippen LogP contribution in [0.3, 0.4) is 0 Å². The Morgan fingerprint density at radius 3 is 2.33 bits per heavy atom. The predicted octanol–water partition coefficient (Wildman–Crippen LogP) is 3.85. The summed E-state index contributed by atoms with van der Waals surface area (Å²) in [7, 11) is 0. The van der Waals surface area contributed by atoms with E-state index in [4.69, 9.17) is 4.74 Å². The highest BCUT2D eigenvalue weighted by Gasteiger charge is 2.26. The Balaban J connectivity index is 4.17. The second-order valence-electron chi connectivity index (χ2n) is 4.43. The molecule has 0 fully saturated rings. The Morgan fingerprint density at radius 2 is 1.93 bits per heavy atom. The first kappa shape index (κ1) is 14.2. The summed E-state index contributed by atoms with van der Waals surface area (Å²) < 4.78 is 5.46. The minimum atomic E-state index is -0.314. The van der Waals surface area contributed by atoms with E-state index in [1.165, 1.54) is 12.8 Å².